The Morgan fingerprint density at radius 3 is 2.42 bits per heavy atom. The van der Waals surface area contributed by atoms with Crippen molar-refractivity contribution in [1.29, 1.82) is 0 Å². The van der Waals surface area contributed by atoms with E-state index in [1.54, 1.807) is 30.1 Å². The van der Waals surface area contributed by atoms with Gasteiger partial charge in [-0.05, 0) is 42.8 Å². The number of nitrogens with zero attached hydrogens (tertiary/aromatic N) is 3. The molecule has 3 heterocycles. The fraction of sp³-hybridized carbons (Fsp3) is 0.333. The minimum atomic E-state index is -3.51. The molecule has 1 aliphatic heterocycles. The van der Waals surface area contributed by atoms with E-state index in [1.807, 2.05) is 17.9 Å². The van der Waals surface area contributed by atoms with Gasteiger partial charge in [-0.15, -0.1) is 0 Å². The summed E-state index contributed by atoms with van der Waals surface area (Å²) in [5.74, 6) is -3.02. The predicted octanol–water partition coefficient (Wildman–Crippen LogP) is 4.91. The molecule has 1 aromatic carbocycles. The van der Waals surface area contributed by atoms with Crippen molar-refractivity contribution < 1.29 is 22.0 Å². The van der Waals surface area contributed by atoms with E-state index in [1.165, 1.54) is 18.2 Å². The molecule has 1 amide bonds. The van der Waals surface area contributed by atoms with Gasteiger partial charge in [0.1, 0.15) is 0 Å². The lowest BCUT2D eigenvalue weighted by Gasteiger charge is -2.33. The molecular weight excluding hydrogens is 512 g/mol. The summed E-state index contributed by atoms with van der Waals surface area (Å²) in [6.07, 6.45) is 3.99. The molecule has 0 radical (unpaired) electrons. The lowest BCUT2D eigenvalue weighted by atomic mass is 10.1. The molecule has 0 bridgehead atoms. The highest BCUT2D eigenvalue weighted by atomic mass is 35.5. The van der Waals surface area contributed by atoms with Crippen LogP contribution in [0.25, 0.3) is 11.4 Å². The Morgan fingerprint density at radius 1 is 1.11 bits per heavy atom. The normalized spacial score (nSPS) is 15.6. The van der Waals surface area contributed by atoms with Crippen LogP contribution in [-0.2, 0) is 17.1 Å². The van der Waals surface area contributed by atoms with Gasteiger partial charge in [-0.25, -0.2) is 17.2 Å². The first kappa shape index (κ1) is 25.9. The van der Waals surface area contributed by atoms with E-state index in [2.05, 4.69) is 15.0 Å². The summed E-state index contributed by atoms with van der Waals surface area (Å²) in [4.78, 5) is 19.4. The van der Waals surface area contributed by atoms with Crippen molar-refractivity contribution in [3.05, 3.63) is 58.9 Å². The highest BCUT2D eigenvalue weighted by molar-refractivity contribution is 7.92. The van der Waals surface area contributed by atoms with Crippen LogP contribution < -0.4 is 14.9 Å². The van der Waals surface area contributed by atoms with Gasteiger partial charge in [0.05, 0.1) is 40.8 Å². The number of hydrogen-bond acceptors (Lipinski definition) is 5. The van der Waals surface area contributed by atoms with Crippen molar-refractivity contribution in [2.75, 3.05) is 34.3 Å². The van der Waals surface area contributed by atoms with Crippen LogP contribution >= 0.6 is 11.6 Å². The first-order chi connectivity index (χ1) is 16.8. The molecule has 1 aliphatic rings. The van der Waals surface area contributed by atoms with Crippen LogP contribution in [0.3, 0.4) is 0 Å². The number of alkyl halides is 2. The Kier molecular flexibility index (Phi) is 6.98. The van der Waals surface area contributed by atoms with E-state index in [4.69, 9.17) is 11.6 Å². The number of hydrogen-bond donors (Lipinski definition) is 2. The molecule has 0 spiro atoms. The maximum absolute atomic E-state index is 13.5. The van der Waals surface area contributed by atoms with Gasteiger partial charge >= 0.3 is 0 Å². The Balaban J connectivity index is 1.52. The van der Waals surface area contributed by atoms with E-state index in [9.17, 15) is 22.0 Å². The number of carbonyl (C=O) groups excluding carboxylic acids is 1. The summed E-state index contributed by atoms with van der Waals surface area (Å²) in [7, 11) is -1.72. The lowest BCUT2D eigenvalue weighted by molar-refractivity contribution is -0.0220. The summed E-state index contributed by atoms with van der Waals surface area (Å²) < 4.78 is 54.2. The molecule has 8 nitrogen and oxygen atoms in total. The molecule has 192 valence electrons. The molecule has 12 heteroatoms. The predicted molar refractivity (Wildman–Crippen MR) is 138 cm³/mol. The lowest BCUT2D eigenvalue weighted by Crippen LogP contribution is -2.39. The van der Waals surface area contributed by atoms with Gasteiger partial charge in [-0.2, -0.15) is 0 Å². The Labute approximate surface area is 213 Å². The third-order valence-corrected chi connectivity index (χ3v) is 6.72. The molecule has 4 rings (SSSR count). The molecular formula is C24H26ClF2N5O3S. The van der Waals surface area contributed by atoms with Crippen LogP contribution in [0.5, 0.6) is 0 Å². The minimum absolute atomic E-state index is 0.178. The van der Waals surface area contributed by atoms with Crippen molar-refractivity contribution in [3.63, 3.8) is 0 Å². The summed E-state index contributed by atoms with van der Waals surface area (Å²) in [5.41, 5.74) is 3.95. The van der Waals surface area contributed by atoms with Gasteiger partial charge in [0.15, 0.2) is 0 Å². The van der Waals surface area contributed by atoms with Gasteiger partial charge < -0.3 is 14.8 Å². The summed E-state index contributed by atoms with van der Waals surface area (Å²) in [6.45, 7) is 2.43. The van der Waals surface area contributed by atoms with E-state index >= 15 is 0 Å². The Bertz CT molecular complexity index is 1420. The number of anilines is 3. The van der Waals surface area contributed by atoms with Gasteiger partial charge in [0, 0.05) is 49.9 Å². The summed E-state index contributed by atoms with van der Waals surface area (Å²) in [6, 6.07) is 8.03. The maximum atomic E-state index is 13.5. The quantitative estimate of drug-likeness (QED) is 0.466. The van der Waals surface area contributed by atoms with Crippen molar-refractivity contribution in [2.24, 2.45) is 7.05 Å². The van der Waals surface area contributed by atoms with Gasteiger partial charge in [-0.1, -0.05) is 11.6 Å². The first-order valence-electron chi connectivity index (χ1n) is 11.2. The fourth-order valence-electron chi connectivity index (χ4n) is 4.16. The van der Waals surface area contributed by atoms with Crippen molar-refractivity contribution in [2.45, 2.75) is 25.7 Å². The number of nitrogens with one attached hydrogen (secondary N) is 2. The highest BCUT2D eigenvalue weighted by Gasteiger charge is 2.34. The average Bonchev–Trinajstić information content (AvgIpc) is 3.13. The Hall–Kier alpha value is -3.18. The van der Waals surface area contributed by atoms with Crippen LogP contribution in [0.15, 0.2) is 42.7 Å². The smallest absolute Gasteiger partial charge is 0.257 e. The van der Waals surface area contributed by atoms with Crippen molar-refractivity contribution >= 4 is 44.6 Å². The van der Waals surface area contributed by atoms with Crippen LogP contribution in [0, 0.1) is 6.92 Å². The number of amides is 1. The number of rotatable bonds is 6. The highest BCUT2D eigenvalue weighted by Crippen LogP contribution is 2.32. The van der Waals surface area contributed by atoms with Crippen molar-refractivity contribution in [1.82, 2.24) is 9.55 Å². The fourth-order valence-corrected chi connectivity index (χ4v) is 4.94. The number of piperidine rings is 1. The number of carbonyl (C=O) groups is 1. The summed E-state index contributed by atoms with van der Waals surface area (Å²) >= 11 is 6.08. The summed E-state index contributed by atoms with van der Waals surface area (Å²) in [5, 5.41) is 2.99. The largest absolute Gasteiger partial charge is 0.370 e. The molecule has 2 aromatic heterocycles. The molecule has 0 saturated carbocycles. The maximum Gasteiger partial charge on any atom is 0.257 e. The topological polar surface area (TPSA) is 96.3 Å². The monoisotopic (exact) mass is 537 g/mol. The van der Waals surface area contributed by atoms with Crippen LogP contribution in [0.4, 0.5) is 25.8 Å². The number of aryl methyl sites for hydroxylation is 2. The number of pyridine rings is 1. The zero-order valence-electron chi connectivity index (χ0n) is 20.0. The van der Waals surface area contributed by atoms with Crippen LogP contribution in [0.2, 0.25) is 5.02 Å². The van der Waals surface area contributed by atoms with Gasteiger partial charge in [-0.3, -0.25) is 14.5 Å². The number of halogens is 3. The molecule has 1 saturated heterocycles. The second kappa shape index (κ2) is 9.70. The van der Waals surface area contributed by atoms with Gasteiger partial charge in [0.25, 0.3) is 11.8 Å². The standard InChI is InChI=1S/C24H26ClF2N5O3S/c1-15-8-20(32-6-4-24(26,27)5-7-32)13-28-22(15)21-9-16(14-31(21)2)23(33)29-18-10-17(25)11-19(12-18)30-36(3,34)35/h8-14,30H,4-7H2,1-3H3,(H,29,33). The van der Waals surface area contributed by atoms with E-state index < -0.39 is 21.9 Å². The minimum Gasteiger partial charge on any atom is -0.370 e. The molecule has 36 heavy (non-hydrogen) atoms. The first-order valence-corrected chi connectivity index (χ1v) is 13.4. The molecule has 1 fully saturated rings. The SMILES string of the molecule is Cc1cc(N2CCC(F)(F)CC2)cnc1-c1cc(C(=O)Nc2cc(Cl)cc(NS(C)(=O)=O)c2)cn1C. The third kappa shape index (κ3) is 6.14. The van der Waals surface area contributed by atoms with Crippen molar-refractivity contribution in [3.8, 4) is 11.4 Å². The molecule has 0 unspecified atom stereocenters. The third-order valence-electron chi connectivity index (χ3n) is 5.89. The molecule has 3 aromatic rings. The average molecular weight is 538 g/mol. The second-order valence-corrected chi connectivity index (χ2v) is 11.2. The molecule has 2 N–H and O–H groups in total. The van der Waals surface area contributed by atoms with Crippen LogP contribution in [0.1, 0.15) is 28.8 Å². The second-order valence-electron chi connectivity index (χ2n) is 8.98. The Morgan fingerprint density at radius 2 is 1.78 bits per heavy atom. The molecule has 0 aliphatic carbocycles. The van der Waals surface area contributed by atoms with Crippen LogP contribution in [-0.4, -0.2) is 49.1 Å². The number of benzene rings is 1. The van der Waals surface area contributed by atoms with Gasteiger partial charge in [0.2, 0.25) is 10.0 Å². The van der Waals surface area contributed by atoms with E-state index in [-0.39, 0.29) is 36.6 Å². The van der Waals surface area contributed by atoms with E-state index in [0.29, 0.717) is 22.6 Å². The zero-order valence-corrected chi connectivity index (χ0v) is 21.6. The van der Waals surface area contributed by atoms with E-state index in [0.717, 1.165) is 17.5 Å². The number of sulfonamides is 1. The number of aromatic nitrogens is 2. The molecule has 0 atom stereocenters. The zero-order chi connectivity index (χ0) is 26.3.